The van der Waals surface area contributed by atoms with E-state index in [9.17, 15) is 19.0 Å². The Morgan fingerprint density at radius 3 is 1.48 bits per heavy atom. The number of esters is 2. The maximum atomic E-state index is 12.7. The fourth-order valence-corrected chi connectivity index (χ4v) is 6.79. The van der Waals surface area contributed by atoms with Crippen LogP contribution in [0.15, 0.2) is 72.9 Å². The molecule has 0 fully saturated rings. The van der Waals surface area contributed by atoms with Crippen molar-refractivity contribution >= 4 is 19.8 Å². The van der Waals surface area contributed by atoms with Gasteiger partial charge in [-0.3, -0.25) is 18.6 Å². The summed E-state index contributed by atoms with van der Waals surface area (Å²) < 4.78 is 34.3. The first-order valence-electron chi connectivity index (χ1n) is 23.7. The van der Waals surface area contributed by atoms with Gasteiger partial charge in [-0.2, -0.15) is 0 Å². The van der Waals surface area contributed by atoms with Gasteiger partial charge >= 0.3 is 19.8 Å². The second kappa shape index (κ2) is 41.8. The van der Waals surface area contributed by atoms with E-state index in [0.29, 0.717) is 23.9 Å². The van der Waals surface area contributed by atoms with Gasteiger partial charge in [0.25, 0.3) is 0 Å². The minimum Gasteiger partial charge on any atom is -0.462 e. The average molecular weight is 863 g/mol. The minimum absolute atomic E-state index is 0.0189. The van der Waals surface area contributed by atoms with Crippen LogP contribution in [0.25, 0.3) is 0 Å². The fraction of sp³-hybridized carbons (Fsp3) is 0.720. The van der Waals surface area contributed by atoms with Crippen LogP contribution in [-0.2, 0) is 32.7 Å². The zero-order valence-electron chi connectivity index (χ0n) is 38.9. The highest BCUT2D eigenvalue weighted by Crippen LogP contribution is 2.43. The minimum atomic E-state index is -4.39. The Balaban J connectivity index is 4.41. The molecule has 0 aliphatic heterocycles. The molecule has 60 heavy (non-hydrogen) atoms. The topological polar surface area (TPSA) is 108 Å². The lowest BCUT2D eigenvalue weighted by atomic mass is 10.1. The molecule has 1 N–H and O–H groups in total. The van der Waals surface area contributed by atoms with E-state index in [1.54, 1.807) is 0 Å². The number of carbonyl (C=O) groups is 2. The molecular formula is C50H89NO8P+. The summed E-state index contributed by atoms with van der Waals surface area (Å²) in [5, 5.41) is 0. The Morgan fingerprint density at radius 2 is 0.967 bits per heavy atom. The van der Waals surface area contributed by atoms with E-state index in [4.69, 9.17) is 18.5 Å². The van der Waals surface area contributed by atoms with Crippen LogP contribution in [0.4, 0.5) is 0 Å². The summed E-state index contributed by atoms with van der Waals surface area (Å²) in [7, 11) is 1.43. The maximum absolute atomic E-state index is 12.7. The van der Waals surface area contributed by atoms with E-state index in [1.165, 1.54) is 77.0 Å². The van der Waals surface area contributed by atoms with Crippen molar-refractivity contribution in [3.05, 3.63) is 72.9 Å². The molecule has 0 saturated heterocycles. The third kappa shape index (κ3) is 45.0. The Kier molecular flexibility index (Phi) is 40.0. The van der Waals surface area contributed by atoms with Gasteiger partial charge in [-0.25, -0.2) is 4.57 Å². The molecule has 0 aromatic carbocycles. The number of phosphoric ester groups is 1. The van der Waals surface area contributed by atoms with Crippen molar-refractivity contribution in [1.29, 1.82) is 0 Å². The molecular weight excluding hydrogens is 774 g/mol. The number of rotatable bonds is 42. The molecule has 10 heteroatoms. The summed E-state index contributed by atoms with van der Waals surface area (Å²) in [6.07, 6.45) is 52.4. The number of nitrogens with zero attached hydrogens (tertiary/aromatic N) is 1. The Morgan fingerprint density at radius 1 is 0.533 bits per heavy atom. The van der Waals surface area contributed by atoms with Crippen molar-refractivity contribution in [2.24, 2.45) is 0 Å². The predicted molar refractivity (Wildman–Crippen MR) is 252 cm³/mol. The molecule has 0 aromatic rings. The van der Waals surface area contributed by atoms with Crippen molar-refractivity contribution in [3.8, 4) is 0 Å². The van der Waals surface area contributed by atoms with E-state index < -0.39 is 32.5 Å². The molecule has 1 unspecified atom stereocenters. The largest absolute Gasteiger partial charge is 0.472 e. The zero-order chi connectivity index (χ0) is 44.3. The normalized spacial score (nSPS) is 14.2. The van der Waals surface area contributed by atoms with Crippen molar-refractivity contribution in [2.45, 2.75) is 187 Å². The van der Waals surface area contributed by atoms with Gasteiger partial charge in [-0.1, -0.05) is 164 Å². The lowest BCUT2D eigenvalue weighted by molar-refractivity contribution is -0.870. The number of hydrogen-bond donors (Lipinski definition) is 1. The number of hydrogen-bond acceptors (Lipinski definition) is 7. The van der Waals surface area contributed by atoms with Gasteiger partial charge in [0, 0.05) is 12.8 Å². The van der Waals surface area contributed by atoms with Crippen LogP contribution in [0.1, 0.15) is 181 Å². The highest BCUT2D eigenvalue weighted by Gasteiger charge is 2.27. The van der Waals surface area contributed by atoms with Crippen LogP contribution in [0.2, 0.25) is 0 Å². The molecule has 0 amide bonds. The van der Waals surface area contributed by atoms with Crippen LogP contribution >= 0.6 is 7.82 Å². The maximum Gasteiger partial charge on any atom is 0.472 e. The van der Waals surface area contributed by atoms with Gasteiger partial charge in [0.15, 0.2) is 6.10 Å². The van der Waals surface area contributed by atoms with E-state index >= 15 is 0 Å². The van der Waals surface area contributed by atoms with Crippen LogP contribution in [0.5, 0.6) is 0 Å². The monoisotopic (exact) mass is 863 g/mol. The van der Waals surface area contributed by atoms with Crippen LogP contribution in [-0.4, -0.2) is 74.9 Å². The Labute approximate surface area is 368 Å². The highest BCUT2D eigenvalue weighted by atomic mass is 31.2. The second-order valence-electron chi connectivity index (χ2n) is 16.8. The molecule has 0 spiro atoms. The first-order valence-corrected chi connectivity index (χ1v) is 25.2. The molecule has 346 valence electrons. The summed E-state index contributed by atoms with van der Waals surface area (Å²) in [4.78, 5) is 35.4. The van der Waals surface area contributed by atoms with E-state index in [1.807, 2.05) is 21.1 Å². The lowest BCUT2D eigenvalue weighted by Gasteiger charge is -2.24. The average Bonchev–Trinajstić information content (AvgIpc) is 3.20. The van der Waals surface area contributed by atoms with Gasteiger partial charge in [-0.15, -0.1) is 0 Å². The number of phosphoric acid groups is 1. The van der Waals surface area contributed by atoms with E-state index in [0.717, 1.165) is 64.2 Å². The summed E-state index contributed by atoms with van der Waals surface area (Å²) in [5.74, 6) is -0.875. The molecule has 2 atom stereocenters. The van der Waals surface area contributed by atoms with Crippen LogP contribution in [0.3, 0.4) is 0 Å². The van der Waals surface area contributed by atoms with E-state index in [2.05, 4.69) is 86.8 Å². The first kappa shape index (κ1) is 57.4. The van der Waals surface area contributed by atoms with Crippen molar-refractivity contribution in [1.82, 2.24) is 0 Å². The number of allylic oxidation sites excluding steroid dienone is 12. The van der Waals surface area contributed by atoms with Crippen molar-refractivity contribution < 1.29 is 42.1 Å². The summed E-state index contributed by atoms with van der Waals surface area (Å²) >= 11 is 0. The van der Waals surface area contributed by atoms with Gasteiger partial charge in [-0.05, 0) is 77.0 Å². The SMILES string of the molecule is CC/C=C\C/C=C\C/C=C\C/C=C\C/C=C\CCCC(=O)OC[C@H](COP(=O)(O)OCC[N+](C)(C)C)OC(=O)CCCCCCCCC/C=C\CCCCCCCCCC. The summed E-state index contributed by atoms with van der Waals surface area (Å²) in [6, 6.07) is 0. The first-order chi connectivity index (χ1) is 29.0. The van der Waals surface area contributed by atoms with Gasteiger partial charge in [0.1, 0.15) is 19.8 Å². The molecule has 0 radical (unpaired) electrons. The standard InChI is InChI=1S/C50H88NO8P/c1-6-8-10-12-14-16-18-20-22-24-25-27-29-31-33-35-37-39-41-43-50(53)59-48(47-58-60(54,55)57-45-44-51(3,4)5)46-56-49(52)42-40-38-36-34-32-30-28-26-23-21-19-17-15-13-11-9-7-2/h9,11,15,17,21,23-25,28,30,34,36,48H,6-8,10,12-14,16,18-20,22,26-27,29,31-33,35,37-47H2,1-5H3/p+1/b11-9-,17-15-,23-21-,25-24-,30-28-,36-34-/t48-/m1/s1. The van der Waals surface area contributed by atoms with E-state index in [-0.39, 0.29) is 26.1 Å². The second-order valence-corrected chi connectivity index (χ2v) is 18.2. The molecule has 0 aliphatic carbocycles. The zero-order valence-corrected chi connectivity index (χ0v) is 39.8. The molecule has 0 aromatic heterocycles. The number of likely N-dealkylation sites (N-methyl/N-ethyl adjacent to an activating group) is 1. The fourth-order valence-electron chi connectivity index (χ4n) is 6.04. The summed E-state index contributed by atoms with van der Waals surface area (Å²) in [5.41, 5.74) is 0. The summed E-state index contributed by atoms with van der Waals surface area (Å²) in [6.45, 7) is 4.23. The number of ether oxygens (including phenoxy) is 2. The number of unbranched alkanes of at least 4 members (excludes halogenated alkanes) is 16. The quantitative estimate of drug-likeness (QED) is 0.0212. The van der Waals surface area contributed by atoms with Gasteiger partial charge in [0.05, 0.1) is 27.7 Å². The third-order valence-electron chi connectivity index (χ3n) is 9.72. The molecule has 0 saturated carbocycles. The Bertz CT molecular complexity index is 1250. The van der Waals surface area contributed by atoms with Crippen LogP contribution < -0.4 is 0 Å². The molecule has 0 bridgehead atoms. The number of carbonyl (C=O) groups excluding carboxylic acids is 2. The Hall–Kier alpha value is -2.55. The van der Waals surface area contributed by atoms with Crippen molar-refractivity contribution in [2.75, 3.05) is 47.5 Å². The smallest absolute Gasteiger partial charge is 0.462 e. The predicted octanol–water partition coefficient (Wildman–Crippen LogP) is 13.8. The van der Waals surface area contributed by atoms with Gasteiger partial charge < -0.3 is 18.9 Å². The molecule has 0 rings (SSSR count). The lowest BCUT2D eigenvalue weighted by Crippen LogP contribution is -2.37. The third-order valence-corrected chi connectivity index (χ3v) is 10.7. The van der Waals surface area contributed by atoms with Crippen molar-refractivity contribution in [3.63, 3.8) is 0 Å². The van der Waals surface area contributed by atoms with Crippen LogP contribution in [0, 0.1) is 0 Å². The number of quaternary nitrogens is 1. The highest BCUT2D eigenvalue weighted by molar-refractivity contribution is 7.47. The van der Waals surface area contributed by atoms with Gasteiger partial charge in [0.2, 0.25) is 0 Å². The molecule has 0 aliphatic rings. The molecule has 0 heterocycles. The molecule has 9 nitrogen and oxygen atoms in total.